The van der Waals surface area contributed by atoms with E-state index in [1.165, 1.54) is 19.3 Å². The SMILES string of the molecule is CCC(CC[C@@H]1CCC(C)C1(C)C)C(C)=O. The normalized spacial score (nSPS) is 30.3. The summed E-state index contributed by atoms with van der Waals surface area (Å²) in [4.78, 5) is 11.4. The number of carbonyl (C=O) groups excluding carboxylic acids is 1. The van der Waals surface area contributed by atoms with Gasteiger partial charge in [-0.25, -0.2) is 0 Å². The molecule has 94 valence electrons. The molecule has 0 radical (unpaired) electrons. The van der Waals surface area contributed by atoms with E-state index in [1.54, 1.807) is 6.92 Å². The van der Waals surface area contributed by atoms with E-state index in [-0.39, 0.29) is 0 Å². The van der Waals surface area contributed by atoms with Crippen molar-refractivity contribution in [3.63, 3.8) is 0 Å². The number of carbonyl (C=O) groups is 1. The van der Waals surface area contributed by atoms with Crippen LogP contribution < -0.4 is 0 Å². The van der Waals surface area contributed by atoms with Crippen molar-refractivity contribution < 1.29 is 4.79 Å². The van der Waals surface area contributed by atoms with Crippen LogP contribution in [0.3, 0.4) is 0 Å². The minimum Gasteiger partial charge on any atom is -0.300 e. The second kappa shape index (κ2) is 5.33. The Balaban J connectivity index is 2.47. The maximum Gasteiger partial charge on any atom is 0.132 e. The smallest absolute Gasteiger partial charge is 0.132 e. The molecule has 0 saturated heterocycles. The van der Waals surface area contributed by atoms with Gasteiger partial charge in [-0.15, -0.1) is 0 Å². The highest BCUT2D eigenvalue weighted by atomic mass is 16.1. The molecule has 1 nitrogen and oxygen atoms in total. The fourth-order valence-electron chi connectivity index (χ4n) is 3.21. The van der Waals surface area contributed by atoms with Crippen molar-refractivity contribution in [2.45, 2.75) is 66.7 Å². The average molecular weight is 224 g/mol. The summed E-state index contributed by atoms with van der Waals surface area (Å²) in [5, 5.41) is 0. The molecule has 3 atom stereocenters. The molecule has 0 aromatic heterocycles. The van der Waals surface area contributed by atoms with Gasteiger partial charge in [-0.3, -0.25) is 4.79 Å². The van der Waals surface area contributed by atoms with E-state index >= 15 is 0 Å². The van der Waals surface area contributed by atoms with Gasteiger partial charge in [0.1, 0.15) is 5.78 Å². The molecular weight excluding hydrogens is 196 g/mol. The minimum atomic E-state index is 0.312. The zero-order chi connectivity index (χ0) is 12.3. The van der Waals surface area contributed by atoms with Crippen LogP contribution in [0, 0.1) is 23.2 Å². The van der Waals surface area contributed by atoms with Crippen molar-refractivity contribution in [2.24, 2.45) is 23.2 Å². The lowest BCUT2D eigenvalue weighted by Gasteiger charge is -2.32. The van der Waals surface area contributed by atoms with E-state index in [4.69, 9.17) is 0 Å². The van der Waals surface area contributed by atoms with E-state index in [9.17, 15) is 4.79 Å². The van der Waals surface area contributed by atoms with Crippen molar-refractivity contribution >= 4 is 5.78 Å². The fourth-order valence-corrected chi connectivity index (χ4v) is 3.21. The van der Waals surface area contributed by atoms with Crippen molar-refractivity contribution in [3.05, 3.63) is 0 Å². The van der Waals surface area contributed by atoms with Crippen LogP contribution in [0.15, 0.2) is 0 Å². The Bertz CT molecular complexity index is 242. The van der Waals surface area contributed by atoms with Gasteiger partial charge in [-0.05, 0) is 56.3 Å². The molecule has 1 saturated carbocycles. The van der Waals surface area contributed by atoms with Crippen LogP contribution in [-0.2, 0) is 4.79 Å². The Hall–Kier alpha value is -0.330. The van der Waals surface area contributed by atoms with Gasteiger partial charge in [0.15, 0.2) is 0 Å². The quantitative estimate of drug-likeness (QED) is 0.674. The third-order valence-electron chi connectivity index (χ3n) is 5.20. The van der Waals surface area contributed by atoms with Crippen LogP contribution >= 0.6 is 0 Å². The van der Waals surface area contributed by atoms with E-state index in [1.807, 2.05) is 0 Å². The summed E-state index contributed by atoms with van der Waals surface area (Å²) < 4.78 is 0. The van der Waals surface area contributed by atoms with Gasteiger partial charge < -0.3 is 0 Å². The van der Waals surface area contributed by atoms with Crippen molar-refractivity contribution in [1.29, 1.82) is 0 Å². The third kappa shape index (κ3) is 2.87. The van der Waals surface area contributed by atoms with E-state index in [2.05, 4.69) is 27.7 Å². The highest BCUT2D eigenvalue weighted by Gasteiger charge is 2.39. The molecule has 0 aromatic carbocycles. The summed E-state index contributed by atoms with van der Waals surface area (Å²) in [6.07, 6.45) is 6.09. The largest absolute Gasteiger partial charge is 0.300 e. The van der Waals surface area contributed by atoms with Gasteiger partial charge >= 0.3 is 0 Å². The molecule has 1 aliphatic rings. The number of hydrogen-bond acceptors (Lipinski definition) is 1. The first-order chi connectivity index (χ1) is 7.39. The van der Waals surface area contributed by atoms with Crippen molar-refractivity contribution in [3.8, 4) is 0 Å². The molecule has 0 amide bonds. The maximum atomic E-state index is 11.4. The zero-order valence-corrected chi connectivity index (χ0v) is 11.7. The standard InChI is InChI=1S/C15H28O/c1-6-13(12(3)16)8-10-14-9-7-11(2)15(14,4)5/h11,13-14H,6-10H2,1-5H3/t11?,13?,14-/m0/s1. The lowest BCUT2D eigenvalue weighted by molar-refractivity contribution is -0.121. The fraction of sp³-hybridized carbons (Fsp3) is 0.933. The van der Waals surface area contributed by atoms with Crippen LogP contribution in [0.1, 0.15) is 66.7 Å². The highest BCUT2D eigenvalue weighted by Crippen LogP contribution is 2.49. The molecule has 1 rings (SSSR count). The Kier molecular flexibility index (Phi) is 4.58. The average Bonchev–Trinajstić information content (AvgIpc) is 2.44. The first-order valence-corrected chi connectivity index (χ1v) is 6.90. The lowest BCUT2D eigenvalue weighted by atomic mass is 9.73. The van der Waals surface area contributed by atoms with E-state index in [0.29, 0.717) is 17.1 Å². The van der Waals surface area contributed by atoms with E-state index < -0.39 is 0 Å². The maximum absolute atomic E-state index is 11.4. The molecule has 1 aliphatic carbocycles. The molecule has 0 heterocycles. The van der Waals surface area contributed by atoms with Crippen LogP contribution in [0.25, 0.3) is 0 Å². The predicted molar refractivity (Wildman–Crippen MR) is 69.4 cm³/mol. The second-order valence-electron chi connectivity index (χ2n) is 6.29. The summed E-state index contributed by atoms with van der Waals surface area (Å²) in [6, 6.07) is 0. The molecule has 0 spiro atoms. The summed E-state index contributed by atoms with van der Waals surface area (Å²) in [5.74, 6) is 2.36. The Labute approximate surface area is 101 Å². The monoisotopic (exact) mass is 224 g/mol. The summed E-state index contributed by atoms with van der Waals surface area (Å²) in [6.45, 7) is 11.1. The summed E-state index contributed by atoms with van der Waals surface area (Å²) >= 11 is 0. The van der Waals surface area contributed by atoms with Gasteiger partial charge in [0.2, 0.25) is 0 Å². The van der Waals surface area contributed by atoms with Gasteiger partial charge in [0, 0.05) is 5.92 Å². The number of Topliss-reactive ketones (excluding diaryl/α,β-unsaturated/α-hetero) is 1. The Morgan fingerprint density at radius 1 is 1.38 bits per heavy atom. The van der Waals surface area contributed by atoms with Crippen LogP contribution in [0.5, 0.6) is 0 Å². The van der Waals surface area contributed by atoms with E-state index in [0.717, 1.165) is 24.7 Å². The van der Waals surface area contributed by atoms with Crippen LogP contribution in [0.2, 0.25) is 0 Å². The number of rotatable bonds is 5. The Morgan fingerprint density at radius 3 is 2.38 bits per heavy atom. The number of ketones is 1. The van der Waals surface area contributed by atoms with Gasteiger partial charge in [0.25, 0.3) is 0 Å². The molecule has 1 heteroatoms. The zero-order valence-electron chi connectivity index (χ0n) is 11.7. The van der Waals surface area contributed by atoms with Crippen LogP contribution in [0.4, 0.5) is 0 Å². The highest BCUT2D eigenvalue weighted by molar-refractivity contribution is 5.78. The third-order valence-corrected chi connectivity index (χ3v) is 5.20. The topological polar surface area (TPSA) is 17.1 Å². The van der Waals surface area contributed by atoms with Crippen LogP contribution in [-0.4, -0.2) is 5.78 Å². The van der Waals surface area contributed by atoms with Gasteiger partial charge in [0.05, 0.1) is 0 Å². The predicted octanol–water partition coefficient (Wildman–Crippen LogP) is 4.45. The molecule has 16 heavy (non-hydrogen) atoms. The molecule has 2 unspecified atom stereocenters. The Morgan fingerprint density at radius 2 is 2.00 bits per heavy atom. The van der Waals surface area contributed by atoms with Gasteiger partial charge in [-0.2, -0.15) is 0 Å². The molecular formula is C15H28O. The minimum absolute atomic E-state index is 0.312. The van der Waals surface area contributed by atoms with Crippen molar-refractivity contribution in [2.75, 3.05) is 0 Å². The first-order valence-electron chi connectivity index (χ1n) is 6.90. The second-order valence-corrected chi connectivity index (χ2v) is 6.29. The molecule has 0 bridgehead atoms. The summed E-state index contributed by atoms with van der Waals surface area (Å²) in [7, 11) is 0. The molecule has 0 aliphatic heterocycles. The molecule has 0 aromatic rings. The van der Waals surface area contributed by atoms with Crippen molar-refractivity contribution in [1.82, 2.24) is 0 Å². The summed E-state index contributed by atoms with van der Waals surface area (Å²) in [5.41, 5.74) is 0.481. The molecule has 0 N–H and O–H groups in total. The molecule has 1 fully saturated rings. The first kappa shape index (κ1) is 13.7. The van der Waals surface area contributed by atoms with Gasteiger partial charge in [-0.1, -0.05) is 27.7 Å². The lowest BCUT2D eigenvalue weighted by Crippen LogP contribution is -2.24. The number of hydrogen-bond donors (Lipinski definition) is 0.